The molecular formula is C12H17ClO4. The molecule has 0 amide bonds. The molecule has 0 spiro atoms. The molecule has 0 radical (unpaired) electrons. The Morgan fingerprint density at radius 1 is 1.12 bits per heavy atom. The summed E-state index contributed by atoms with van der Waals surface area (Å²) in [7, 11) is 4.67. The van der Waals surface area contributed by atoms with Crippen LogP contribution in [-0.2, 0) is 6.42 Å². The highest BCUT2D eigenvalue weighted by Gasteiger charge is 2.19. The van der Waals surface area contributed by atoms with E-state index >= 15 is 0 Å². The van der Waals surface area contributed by atoms with Gasteiger partial charge in [-0.1, -0.05) is 11.6 Å². The van der Waals surface area contributed by atoms with Crippen molar-refractivity contribution in [1.82, 2.24) is 0 Å². The van der Waals surface area contributed by atoms with Crippen LogP contribution in [0.3, 0.4) is 0 Å². The molecule has 0 saturated heterocycles. The molecule has 5 heteroatoms. The Morgan fingerprint density at radius 2 is 1.76 bits per heavy atom. The smallest absolute Gasteiger partial charge is 0.167 e. The summed E-state index contributed by atoms with van der Waals surface area (Å²) in [6.07, 6.45) is 1.22. The standard InChI is InChI=1S/C12H17ClO4/c1-15-10-7-9(13)11(16-2)8(5-4-6-14)12(10)17-3/h7,14H,4-6H2,1-3H3. The minimum Gasteiger partial charge on any atom is -0.495 e. The second-order valence-electron chi connectivity index (χ2n) is 3.43. The Balaban J connectivity index is 3.30. The van der Waals surface area contributed by atoms with Crippen LogP contribution in [0.1, 0.15) is 12.0 Å². The molecule has 1 aromatic rings. The lowest BCUT2D eigenvalue weighted by Gasteiger charge is -2.17. The predicted molar refractivity (Wildman–Crippen MR) is 66.5 cm³/mol. The van der Waals surface area contributed by atoms with Crippen LogP contribution in [0.4, 0.5) is 0 Å². The molecule has 0 aliphatic heterocycles. The number of ether oxygens (including phenoxy) is 3. The number of hydrogen-bond acceptors (Lipinski definition) is 4. The Labute approximate surface area is 106 Å². The lowest BCUT2D eigenvalue weighted by Crippen LogP contribution is -2.01. The summed E-state index contributed by atoms with van der Waals surface area (Å²) >= 11 is 6.10. The van der Waals surface area contributed by atoms with Crippen molar-refractivity contribution >= 4 is 11.6 Å². The molecule has 17 heavy (non-hydrogen) atoms. The Morgan fingerprint density at radius 3 is 2.24 bits per heavy atom. The van der Waals surface area contributed by atoms with Crippen LogP contribution in [0.15, 0.2) is 6.07 Å². The van der Waals surface area contributed by atoms with E-state index in [1.165, 1.54) is 0 Å². The molecule has 1 aromatic carbocycles. The van der Waals surface area contributed by atoms with Crippen molar-refractivity contribution in [3.8, 4) is 17.2 Å². The molecule has 0 heterocycles. The minimum atomic E-state index is 0.0984. The van der Waals surface area contributed by atoms with Gasteiger partial charge in [0.25, 0.3) is 0 Å². The fourth-order valence-corrected chi connectivity index (χ4v) is 2.01. The summed E-state index contributed by atoms with van der Waals surface area (Å²) < 4.78 is 15.8. The number of aliphatic hydroxyl groups is 1. The fourth-order valence-electron chi connectivity index (χ4n) is 1.72. The van der Waals surface area contributed by atoms with E-state index in [4.69, 9.17) is 30.9 Å². The summed E-state index contributed by atoms with van der Waals surface area (Å²) in [4.78, 5) is 0. The quantitative estimate of drug-likeness (QED) is 0.853. The van der Waals surface area contributed by atoms with Gasteiger partial charge in [0.15, 0.2) is 11.5 Å². The number of rotatable bonds is 6. The molecule has 1 N–H and O–H groups in total. The van der Waals surface area contributed by atoms with Gasteiger partial charge in [0.1, 0.15) is 5.75 Å². The molecule has 0 aromatic heterocycles. The molecule has 0 saturated carbocycles. The molecule has 1 rings (SSSR count). The van der Waals surface area contributed by atoms with E-state index in [-0.39, 0.29) is 6.61 Å². The zero-order valence-electron chi connectivity index (χ0n) is 10.2. The van der Waals surface area contributed by atoms with E-state index in [0.29, 0.717) is 35.1 Å². The predicted octanol–water partition coefficient (Wildman–Crippen LogP) is 2.29. The molecule has 0 atom stereocenters. The lowest BCUT2D eigenvalue weighted by atomic mass is 10.1. The van der Waals surface area contributed by atoms with E-state index in [2.05, 4.69) is 0 Å². The van der Waals surface area contributed by atoms with Gasteiger partial charge in [-0.25, -0.2) is 0 Å². The van der Waals surface area contributed by atoms with Gasteiger partial charge in [0.2, 0.25) is 0 Å². The normalized spacial score (nSPS) is 10.2. The lowest BCUT2D eigenvalue weighted by molar-refractivity contribution is 0.285. The second kappa shape index (κ2) is 6.57. The SMILES string of the molecule is COc1cc(Cl)c(OC)c(CCCO)c1OC. The summed E-state index contributed by atoms with van der Waals surface area (Å²) in [5.74, 6) is 1.73. The van der Waals surface area contributed by atoms with Crippen LogP contribution in [0.5, 0.6) is 17.2 Å². The largest absolute Gasteiger partial charge is 0.495 e. The third-order valence-electron chi connectivity index (χ3n) is 2.46. The van der Waals surface area contributed by atoms with Crippen LogP contribution >= 0.6 is 11.6 Å². The monoisotopic (exact) mass is 260 g/mol. The van der Waals surface area contributed by atoms with Gasteiger partial charge < -0.3 is 19.3 Å². The first kappa shape index (κ1) is 13.9. The van der Waals surface area contributed by atoms with Crippen LogP contribution < -0.4 is 14.2 Å². The number of benzene rings is 1. The van der Waals surface area contributed by atoms with Gasteiger partial charge in [0.05, 0.1) is 26.4 Å². The summed E-state index contributed by atoms with van der Waals surface area (Å²) in [5.41, 5.74) is 0.813. The zero-order chi connectivity index (χ0) is 12.8. The fraction of sp³-hybridized carbons (Fsp3) is 0.500. The van der Waals surface area contributed by atoms with Crippen LogP contribution in [0, 0.1) is 0 Å². The van der Waals surface area contributed by atoms with E-state index in [1.807, 2.05) is 0 Å². The Bertz CT molecular complexity index is 379. The van der Waals surface area contributed by atoms with Crippen molar-refractivity contribution in [3.63, 3.8) is 0 Å². The van der Waals surface area contributed by atoms with Gasteiger partial charge in [-0.15, -0.1) is 0 Å². The highest BCUT2D eigenvalue weighted by molar-refractivity contribution is 6.32. The summed E-state index contributed by atoms with van der Waals surface area (Å²) in [5, 5.41) is 9.38. The Hall–Kier alpha value is -1.13. The second-order valence-corrected chi connectivity index (χ2v) is 3.84. The number of aliphatic hydroxyl groups excluding tert-OH is 1. The molecule has 0 unspecified atom stereocenters. The highest BCUT2D eigenvalue weighted by Crippen LogP contribution is 2.43. The molecule has 0 aliphatic carbocycles. The van der Waals surface area contributed by atoms with E-state index in [9.17, 15) is 0 Å². The van der Waals surface area contributed by atoms with Gasteiger partial charge >= 0.3 is 0 Å². The van der Waals surface area contributed by atoms with Crippen LogP contribution in [-0.4, -0.2) is 33.0 Å². The molecule has 4 nitrogen and oxygen atoms in total. The summed E-state index contributed by atoms with van der Waals surface area (Å²) in [6.45, 7) is 0.0984. The first-order chi connectivity index (χ1) is 8.19. The van der Waals surface area contributed by atoms with Gasteiger partial charge in [0, 0.05) is 18.2 Å². The molecule has 0 bridgehead atoms. The first-order valence-corrected chi connectivity index (χ1v) is 5.65. The minimum absolute atomic E-state index is 0.0984. The maximum Gasteiger partial charge on any atom is 0.167 e. The molecule has 96 valence electrons. The number of hydrogen-bond donors (Lipinski definition) is 1. The van der Waals surface area contributed by atoms with Gasteiger partial charge in [-0.05, 0) is 12.8 Å². The van der Waals surface area contributed by atoms with Crippen LogP contribution in [0.2, 0.25) is 5.02 Å². The average molecular weight is 261 g/mol. The molecular weight excluding hydrogens is 244 g/mol. The number of halogens is 1. The van der Waals surface area contributed by atoms with E-state index in [0.717, 1.165) is 5.56 Å². The topological polar surface area (TPSA) is 47.9 Å². The average Bonchev–Trinajstić information content (AvgIpc) is 2.35. The van der Waals surface area contributed by atoms with Gasteiger partial charge in [-0.2, -0.15) is 0 Å². The van der Waals surface area contributed by atoms with Crippen molar-refractivity contribution in [3.05, 3.63) is 16.7 Å². The number of methoxy groups -OCH3 is 3. The zero-order valence-corrected chi connectivity index (χ0v) is 11.0. The third-order valence-corrected chi connectivity index (χ3v) is 2.74. The van der Waals surface area contributed by atoms with Crippen molar-refractivity contribution in [2.45, 2.75) is 12.8 Å². The van der Waals surface area contributed by atoms with E-state index in [1.54, 1.807) is 27.4 Å². The van der Waals surface area contributed by atoms with E-state index < -0.39 is 0 Å². The van der Waals surface area contributed by atoms with Crippen molar-refractivity contribution in [1.29, 1.82) is 0 Å². The maximum absolute atomic E-state index is 8.90. The third kappa shape index (κ3) is 2.96. The highest BCUT2D eigenvalue weighted by atomic mass is 35.5. The maximum atomic E-state index is 8.90. The van der Waals surface area contributed by atoms with Crippen LogP contribution in [0.25, 0.3) is 0 Å². The van der Waals surface area contributed by atoms with Crippen molar-refractivity contribution in [2.75, 3.05) is 27.9 Å². The first-order valence-electron chi connectivity index (χ1n) is 5.27. The van der Waals surface area contributed by atoms with Gasteiger partial charge in [-0.3, -0.25) is 0 Å². The molecule has 0 aliphatic rings. The summed E-state index contributed by atoms with van der Waals surface area (Å²) in [6, 6.07) is 1.65. The Kier molecular flexibility index (Phi) is 5.38. The van der Waals surface area contributed by atoms with Crippen molar-refractivity contribution in [2.24, 2.45) is 0 Å². The van der Waals surface area contributed by atoms with Crippen molar-refractivity contribution < 1.29 is 19.3 Å². The molecule has 0 fully saturated rings.